The summed E-state index contributed by atoms with van der Waals surface area (Å²) in [6.07, 6.45) is 1.45. The largest absolute Gasteiger partial charge is 0.394 e. The Kier molecular flexibility index (Phi) is 13.5. The van der Waals surface area contributed by atoms with Crippen LogP contribution in [0.25, 0.3) is 0 Å². The number of rotatable bonds is 18. The predicted molar refractivity (Wildman–Crippen MR) is 144 cm³/mol. The van der Waals surface area contributed by atoms with Crippen LogP contribution in [0.5, 0.6) is 0 Å². The number of fused-ring (bicyclic) bond motifs is 2. The fourth-order valence-electron chi connectivity index (χ4n) is 3.92. The molecule has 8 heteroatoms. The van der Waals surface area contributed by atoms with Crippen molar-refractivity contribution in [3.63, 3.8) is 0 Å². The van der Waals surface area contributed by atoms with Crippen LogP contribution in [-0.4, -0.2) is 76.3 Å². The van der Waals surface area contributed by atoms with Crippen LogP contribution in [0.15, 0.2) is 48.5 Å². The zero-order chi connectivity index (χ0) is 26.8. The number of benzene rings is 2. The molecule has 0 aliphatic carbocycles. The van der Waals surface area contributed by atoms with Crippen LogP contribution in [0.3, 0.4) is 0 Å². The first-order valence-electron chi connectivity index (χ1n) is 13.1. The summed E-state index contributed by atoms with van der Waals surface area (Å²) in [4.78, 5) is 27.3. The SMILES string of the molecule is O=C(CCCC(=O)N1Cc2ccccc2C#Cc2ccccc21)CCOCCOCCOCCOCCO. The minimum absolute atomic E-state index is 0.00867. The highest BCUT2D eigenvalue weighted by atomic mass is 16.6. The number of carbonyl (C=O) groups is 2. The van der Waals surface area contributed by atoms with Gasteiger partial charge in [-0.25, -0.2) is 0 Å². The van der Waals surface area contributed by atoms with Gasteiger partial charge in [0.2, 0.25) is 5.91 Å². The third-order valence-corrected chi connectivity index (χ3v) is 5.90. The molecule has 0 fully saturated rings. The van der Waals surface area contributed by atoms with Gasteiger partial charge in [0, 0.05) is 30.4 Å². The Morgan fingerprint density at radius 2 is 1.29 bits per heavy atom. The fourth-order valence-corrected chi connectivity index (χ4v) is 3.92. The van der Waals surface area contributed by atoms with Crippen molar-refractivity contribution in [3.05, 3.63) is 65.2 Å². The predicted octanol–water partition coefficient (Wildman–Crippen LogP) is 3.12. The van der Waals surface area contributed by atoms with Crippen molar-refractivity contribution in [2.24, 2.45) is 0 Å². The fraction of sp³-hybridized carbons (Fsp3) is 0.467. The number of Topliss-reactive ketones (excluding diaryl/α,β-unsaturated/α-hetero) is 1. The minimum Gasteiger partial charge on any atom is -0.394 e. The Hall–Kier alpha value is -3.06. The highest BCUT2D eigenvalue weighted by molar-refractivity contribution is 5.95. The Morgan fingerprint density at radius 1 is 0.711 bits per heavy atom. The maximum Gasteiger partial charge on any atom is 0.227 e. The van der Waals surface area contributed by atoms with Crippen LogP contribution >= 0.6 is 0 Å². The van der Waals surface area contributed by atoms with Gasteiger partial charge >= 0.3 is 0 Å². The molecule has 0 unspecified atom stereocenters. The molecule has 0 saturated carbocycles. The van der Waals surface area contributed by atoms with E-state index in [9.17, 15) is 9.59 Å². The molecular weight excluding hydrogens is 486 g/mol. The zero-order valence-electron chi connectivity index (χ0n) is 21.9. The van der Waals surface area contributed by atoms with Crippen molar-refractivity contribution >= 4 is 17.4 Å². The number of anilines is 1. The summed E-state index contributed by atoms with van der Waals surface area (Å²) in [5, 5.41) is 8.59. The zero-order valence-corrected chi connectivity index (χ0v) is 21.9. The maximum atomic E-state index is 13.2. The number of aliphatic hydroxyl groups is 1. The summed E-state index contributed by atoms with van der Waals surface area (Å²) < 4.78 is 21.3. The summed E-state index contributed by atoms with van der Waals surface area (Å²) in [6, 6.07) is 15.6. The lowest BCUT2D eigenvalue weighted by molar-refractivity contribution is -0.121. The molecule has 1 aliphatic heterocycles. The topological polar surface area (TPSA) is 94.5 Å². The quantitative estimate of drug-likeness (QED) is 0.237. The first-order valence-corrected chi connectivity index (χ1v) is 13.1. The van der Waals surface area contributed by atoms with E-state index in [1.807, 2.05) is 48.5 Å². The van der Waals surface area contributed by atoms with Crippen LogP contribution in [-0.2, 0) is 35.1 Å². The first-order chi connectivity index (χ1) is 18.7. The van der Waals surface area contributed by atoms with E-state index < -0.39 is 0 Å². The second kappa shape index (κ2) is 17.4. The molecule has 0 spiro atoms. The van der Waals surface area contributed by atoms with Gasteiger partial charge in [0.05, 0.1) is 71.7 Å². The van der Waals surface area contributed by atoms with Crippen molar-refractivity contribution in [1.82, 2.24) is 0 Å². The average Bonchev–Trinajstić information content (AvgIpc) is 2.92. The molecule has 0 aromatic heterocycles. The normalized spacial score (nSPS) is 12.1. The van der Waals surface area contributed by atoms with E-state index in [4.69, 9.17) is 24.1 Å². The third-order valence-electron chi connectivity index (χ3n) is 5.90. The molecule has 1 aliphatic rings. The van der Waals surface area contributed by atoms with E-state index in [1.165, 1.54) is 0 Å². The molecule has 2 aromatic rings. The number of nitrogens with zero attached hydrogens (tertiary/aromatic N) is 1. The lowest BCUT2D eigenvalue weighted by atomic mass is 10.0. The van der Waals surface area contributed by atoms with Gasteiger partial charge in [-0.15, -0.1) is 0 Å². The number of ether oxygens (including phenoxy) is 4. The summed E-state index contributed by atoms with van der Waals surface area (Å²) >= 11 is 0. The van der Waals surface area contributed by atoms with Crippen molar-refractivity contribution in [2.45, 2.75) is 32.2 Å². The second-order valence-electron chi connectivity index (χ2n) is 8.72. The number of amides is 1. The summed E-state index contributed by atoms with van der Waals surface area (Å²) in [7, 11) is 0. The Labute approximate surface area is 224 Å². The number of hydrogen-bond acceptors (Lipinski definition) is 7. The summed E-state index contributed by atoms with van der Waals surface area (Å²) in [6.45, 7) is 3.77. The Morgan fingerprint density at radius 3 is 2.00 bits per heavy atom. The summed E-state index contributed by atoms with van der Waals surface area (Å²) in [5.74, 6) is 6.49. The second-order valence-corrected chi connectivity index (χ2v) is 8.72. The molecule has 0 atom stereocenters. The Balaban J connectivity index is 1.29. The molecule has 8 nitrogen and oxygen atoms in total. The van der Waals surface area contributed by atoms with E-state index in [0.29, 0.717) is 85.1 Å². The molecule has 1 amide bonds. The lowest BCUT2D eigenvalue weighted by Crippen LogP contribution is -2.31. The summed E-state index contributed by atoms with van der Waals surface area (Å²) in [5.41, 5.74) is 3.56. The van der Waals surface area contributed by atoms with E-state index >= 15 is 0 Å². The van der Waals surface area contributed by atoms with Gasteiger partial charge in [-0.1, -0.05) is 42.2 Å². The van der Waals surface area contributed by atoms with Crippen LogP contribution in [0, 0.1) is 11.8 Å². The van der Waals surface area contributed by atoms with Gasteiger partial charge in [-0.2, -0.15) is 0 Å². The van der Waals surface area contributed by atoms with E-state index in [0.717, 1.165) is 22.4 Å². The van der Waals surface area contributed by atoms with Crippen LogP contribution < -0.4 is 4.90 Å². The van der Waals surface area contributed by atoms with Crippen molar-refractivity contribution in [2.75, 3.05) is 64.4 Å². The third kappa shape index (κ3) is 10.4. The van der Waals surface area contributed by atoms with Crippen molar-refractivity contribution in [1.29, 1.82) is 0 Å². The molecular formula is C30H37NO7. The first kappa shape index (κ1) is 29.5. The molecule has 2 aromatic carbocycles. The molecule has 204 valence electrons. The lowest BCUT2D eigenvalue weighted by Gasteiger charge is -2.26. The average molecular weight is 524 g/mol. The van der Waals surface area contributed by atoms with Gasteiger partial charge < -0.3 is 29.0 Å². The molecule has 0 radical (unpaired) electrons. The molecule has 0 bridgehead atoms. The van der Waals surface area contributed by atoms with Gasteiger partial charge in [0.15, 0.2) is 0 Å². The number of hydrogen-bond donors (Lipinski definition) is 1. The maximum absolute atomic E-state index is 13.2. The van der Waals surface area contributed by atoms with Crippen LogP contribution in [0.4, 0.5) is 5.69 Å². The number of carbonyl (C=O) groups excluding carboxylic acids is 2. The molecule has 1 heterocycles. The van der Waals surface area contributed by atoms with Crippen LogP contribution in [0.2, 0.25) is 0 Å². The molecule has 1 N–H and O–H groups in total. The molecule has 3 rings (SSSR count). The minimum atomic E-state index is -0.0150. The van der Waals surface area contributed by atoms with E-state index in [-0.39, 0.29) is 18.3 Å². The Bertz CT molecular complexity index is 1080. The number of para-hydroxylation sites is 1. The van der Waals surface area contributed by atoms with Gasteiger partial charge in [0.1, 0.15) is 5.78 Å². The smallest absolute Gasteiger partial charge is 0.227 e. The van der Waals surface area contributed by atoms with E-state index in [2.05, 4.69) is 11.8 Å². The highest BCUT2D eigenvalue weighted by Gasteiger charge is 2.21. The van der Waals surface area contributed by atoms with E-state index in [1.54, 1.807) is 4.90 Å². The number of aliphatic hydroxyl groups excluding tert-OH is 1. The van der Waals surface area contributed by atoms with Crippen LogP contribution in [0.1, 0.15) is 42.4 Å². The van der Waals surface area contributed by atoms with Crippen molar-refractivity contribution in [3.8, 4) is 11.8 Å². The van der Waals surface area contributed by atoms with Gasteiger partial charge in [0.25, 0.3) is 0 Å². The molecule has 38 heavy (non-hydrogen) atoms. The standard InChI is InChI=1S/C30H37NO7/c32-15-17-36-19-21-38-23-22-37-20-18-35-16-14-28(33)9-5-11-30(34)31-24-27-8-2-1-6-25(27)12-13-26-7-3-4-10-29(26)31/h1-4,6-8,10,32H,5,9,11,14-24H2. The highest BCUT2D eigenvalue weighted by Crippen LogP contribution is 2.26. The van der Waals surface area contributed by atoms with Crippen molar-refractivity contribution < 1.29 is 33.6 Å². The van der Waals surface area contributed by atoms with Gasteiger partial charge in [-0.05, 0) is 30.2 Å². The van der Waals surface area contributed by atoms with Gasteiger partial charge in [-0.3, -0.25) is 9.59 Å². The monoisotopic (exact) mass is 523 g/mol. The number of ketones is 1. The molecule has 0 saturated heterocycles.